The minimum atomic E-state index is 0.236. The Bertz CT molecular complexity index is 535. The van der Waals surface area contributed by atoms with E-state index in [-0.39, 0.29) is 5.75 Å². The van der Waals surface area contributed by atoms with Crippen LogP contribution in [0.2, 0.25) is 0 Å². The van der Waals surface area contributed by atoms with E-state index in [1.165, 1.54) is 0 Å². The van der Waals surface area contributed by atoms with Gasteiger partial charge in [0.25, 0.3) is 0 Å². The van der Waals surface area contributed by atoms with E-state index in [1.807, 2.05) is 12.1 Å². The fourth-order valence-electron chi connectivity index (χ4n) is 2.51. The highest BCUT2D eigenvalue weighted by atomic mass is 16.3. The van der Waals surface area contributed by atoms with Gasteiger partial charge in [0.05, 0.1) is 5.69 Å². The summed E-state index contributed by atoms with van der Waals surface area (Å²) in [4.78, 5) is 8.58. The van der Waals surface area contributed by atoms with Gasteiger partial charge in [0.1, 0.15) is 17.6 Å². The molecule has 0 atom stereocenters. The van der Waals surface area contributed by atoms with E-state index in [9.17, 15) is 5.11 Å². The number of hydrogen-bond acceptors (Lipinski definition) is 4. The summed E-state index contributed by atoms with van der Waals surface area (Å²) in [5.74, 6) is 0.712. The third-order valence-corrected chi connectivity index (χ3v) is 3.40. The number of rotatable bonds is 1. The van der Waals surface area contributed by atoms with Crippen molar-refractivity contribution in [3.63, 3.8) is 0 Å². The molecule has 1 saturated heterocycles. The molecule has 4 heteroatoms. The lowest BCUT2D eigenvalue weighted by molar-refractivity contribution is 0.454. The van der Waals surface area contributed by atoms with E-state index >= 15 is 0 Å². The number of aromatic hydroxyl groups is 1. The zero-order valence-corrected chi connectivity index (χ0v) is 9.56. The fourth-order valence-corrected chi connectivity index (χ4v) is 2.51. The minimum absolute atomic E-state index is 0.236. The first-order chi connectivity index (χ1) is 8.36. The maximum Gasteiger partial charge on any atom is 0.141 e. The van der Waals surface area contributed by atoms with Crippen LogP contribution in [0.4, 0.5) is 0 Å². The zero-order valence-electron chi connectivity index (χ0n) is 9.56. The molecule has 2 heterocycles. The van der Waals surface area contributed by atoms with E-state index < -0.39 is 0 Å². The number of nitrogens with zero attached hydrogens (tertiary/aromatic N) is 2. The second kappa shape index (κ2) is 4.30. The summed E-state index contributed by atoms with van der Waals surface area (Å²) >= 11 is 0. The average molecular weight is 229 g/mol. The maximum absolute atomic E-state index is 9.79. The second-order valence-corrected chi connectivity index (χ2v) is 4.46. The number of fused-ring (bicyclic) bond motifs is 1. The second-order valence-electron chi connectivity index (χ2n) is 4.46. The van der Waals surface area contributed by atoms with Crippen LogP contribution in [0.3, 0.4) is 0 Å². The van der Waals surface area contributed by atoms with Gasteiger partial charge in [-0.25, -0.2) is 9.97 Å². The highest BCUT2D eigenvalue weighted by Crippen LogP contribution is 2.31. The smallest absolute Gasteiger partial charge is 0.141 e. The van der Waals surface area contributed by atoms with Gasteiger partial charge in [-0.2, -0.15) is 0 Å². The van der Waals surface area contributed by atoms with Crippen molar-refractivity contribution < 1.29 is 5.11 Å². The number of phenolic OH excluding ortho intramolecular Hbond substituents is 1. The van der Waals surface area contributed by atoms with Crippen LogP contribution in [0, 0.1) is 0 Å². The number of aromatic nitrogens is 2. The molecule has 1 aromatic heterocycles. The quantitative estimate of drug-likeness (QED) is 0.783. The average Bonchev–Trinajstić information content (AvgIpc) is 2.40. The monoisotopic (exact) mass is 229 g/mol. The van der Waals surface area contributed by atoms with Gasteiger partial charge >= 0.3 is 0 Å². The van der Waals surface area contributed by atoms with Gasteiger partial charge in [-0.3, -0.25) is 0 Å². The van der Waals surface area contributed by atoms with Gasteiger partial charge in [0.2, 0.25) is 0 Å². The van der Waals surface area contributed by atoms with E-state index in [1.54, 1.807) is 12.4 Å². The van der Waals surface area contributed by atoms with Gasteiger partial charge in [-0.05, 0) is 32.0 Å². The summed E-state index contributed by atoms with van der Waals surface area (Å²) in [5.41, 5.74) is 1.74. The number of phenols is 1. The van der Waals surface area contributed by atoms with Gasteiger partial charge in [0.15, 0.2) is 0 Å². The van der Waals surface area contributed by atoms with Crippen LogP contribution in [-0.4, -0.2) is 28.2 Å². The zero-order chi connectivity index (χ0) is 11.7. The van der Waals surface area contributed by atoms with Crippen LogP contribution >= 0.6 is 0 Å². The van der Waals surface area contributed by atoms with Crippen molar-refractivity contribution in [3.05, 3.63) is 30.2 Å². The van der Waals surface area contributed by atoms with Crippen molar-refractivity contribution in [2.24, 2.45) is 0 Å². The van der Waals surface area contributed by atoms with E-state index in [0.717, 1.165) is 37.0 Å². The first kappa shape index (κ1) is 10.5. The van der Waals surface area contributed by atoms with Crippen LogP contribution in [0.15, 0.2) is 24.5 Å². The number of piperidine rings is 1. The summed E-state index contributed by atoms with van der Waals surface area (Å²) in [6.45, 7) is 2.07. The molecule has 0 amide bonds. The molecule has 1 fully saturated rings. The van der Waals surface area contributed by atoms with Gasteiger partial charge in [0, 0.05) is 11.3 Å². The molecule has 3 rings (SSSR count). The van der Waals surface area contributed by atoms with Crippen LogP contribution in [-0.2, 0) is 0 Å². The molecule has 1 aliphatic heterocycles. The lowest BCUT2D eigenvalue weighted by atomic mass is 9.92. The minimum Gasteiger partial charge on any atom is -0.506 e. The molecule has 0 spiro atoms. The van der Waals surface area contributed by atoms with Crippen molar-refractivity contribution in [1.29, 1.82) is 0 Å². The highest BCUT2D eigenvalue weighted by molar-refractivity contribution is 5.86. The first-order valence-corrected chi connectivity index (χ1v) is 5.99. The molecule has 2 aromatic rings. The highest BCUT2D eigenvalue weighted by Gasteiger charge is 2.19. The van der Waals surface area contributed by atoms with Crippen LogP contribution < -0.4 is 5.32 Å². The predicted octanol–water partition coefficient (Wildman–Crippen LogP) is 1.80. The molecule has 0 unspecified atom stereocenters. The van der Waals surface area contributed by atoms with Crippen molar-refractivity contribution in [2.45, 2.75) is 18.8 Å². The number of benzene rings is 1. The molecule has 1 aromatic carbocycles. The largest absolute Gasteiger partial charge is 0.506 e. The summed E-state index contributed by atoms with van der Waals surface area (Å²) in [5, 5.41) is 14.1. The summed E-state index contributed by atoms with van der Waals surface area (Å²) < 4.78 is 0. The fraction of sp³-hybridized carbons (Fsp3) is 0.385. The molecule has 2 N–H and O–H groups in total. The Hall–Kier alpha value is -1.68. The lowest BCUT2D eigenvalue weighted by Crippen LogP contribution is -2.27. The molecular formula is C13H15N3O. The Morgan fingerprint density at radius 3 is 2.82 bits per heavy atom. The molecular weight excluding hydrogens is 214 g/mol. The van der Waals surface area contributed by atoms with Crippen LogP contribution in [0.1, 0.15) is 24.5 Å². The third kappa shape index (κ3) is 1.85. The van der Waals surface area contributed by atoms with E-state index in [2.05, 4.69) is 15.3 Å². The lowest BCUT2D eigenvalue weighted by Gasteiger charge is -2.22. The van der Waals surface area contributed by atoms with Crippen molar-refractivity contribution >= 4 is 10.9 Å². The number of para-hydroxylation sites is 1. The molecule has 88 valence electrons. The Labute approximate surface area is 99.7 Å². The third-order valence-electron chi connectivity index (χ3n) is 3.40. The molecule has 0 aliphatic carbocycles. The summed E-state index contributed by atoms with van der Waals surface area (Å²) in [7, 11) is 0. The number of nitrogens with one attached hydrogen (secondary N) is 1. The molecule has 0 saturated carbocycles. The summed E-state index contributed by atoms with van der Waals surface area (Å²) in [6.07, 6.45) is 3.75. The number of hydrogen-bond donors (Lipinski definition) is 2. The van der Waals surface area contributed by atoms with Crippen molar-refractivity contribution in [2.75, 3.05) is 13.1 Å². The van der Waals surface area contributed by atoms with Gasteiger partial charge in [-0.1, -0.05) is 12.1 Å². The summed E-state index contributed by atoms with van der Waals surface area (Å²) in [6, 6.07) is 5.51. The SMILES string of the molecule is Oc1cccc2c(C3CCNCC3)ncnc12. The standard InChI is InChI=1S/C13H15N3O/c17-11-3-1-2-10-12(15-8-16-13(10)11)9-4-6-14-7-5-9/h1-3,8-9,14,17H,4-7H2. The first-order valence-electron chi connectivity index (χ1n) is 5.99. The molecule has 0 bridgehead atoms. The normalized spacial score (nSPS) is 17.4. The Morgan fingerprint density at radius 2 is 2.00 bits per heavy atom. The Kier molecular flexibility index (Phi) is 2.65. The topological polar surface area (TPSA) is 58.0 Å². The van der Waals surface area contributed by atoms with E-state index in [4.69, 9.17) is 0 Å². The van der Waals surface area contributed by atoms with Crippen molar-refractivity contribution in [1.82, 2.24) is 15.3 Å². The maximum atomic E-state index is 9.79. The molecule has 0 radical (unpaired) electrons. The van der Waals surface area contributed by atoms with Gasteiger partial charge < -0.3 is 10.4 Å². The molecule has 4 nitrogen and oxygen atoms in total. The predicted molar refractivity (Wildman–Crippen MR) is 66.0 cm³/mol. The van der Waals surface area contributed by atoms with Crippen LogP contribution in [0.25, 0.3) is 10.9 Å². The Morgan fingerprint density at radius 1 is 1.18 bits per heavy atom. The molecule has 1 aliphatic rings. The van der Waals surface area contributed by atoms with Crippen LogP contribution in [0.5, 0.6) is 5.75 Å². The molecule has 17 heavy (non-hydrogen) atoms. The van der Waals surface area contributed by atoms with Gasteiger partial charge in [-0.15, -0.1) is 0 Å². The van der Waals surface area contributed by atoms with E-state index in [0.29, 0.717) is 11.4 Å². The van der Waals surface area contributed by atoms with Crippen molar-refractivity contribution in [3.8, 4) is 5.75 Å². The Balaban J connectivity index is 2.12.